The molecule has 1 fully saturated rings. The third-order valence-corrected chi connectivity index (χ3v) is 5.62. The van der Waals surface area contributed by atoms with Crippen LogP contribution in [0.25, 0.3) is 27.7 Å². The molecule has 1 aliphatic rings. The lowest BCUT2D eigenvalue weighted by Crippen LogP contribution is -2.28. The van der Waals surface area contributed by atoms with Gasteiger partial charge in [-0.2, -0.15) is 5.10 Å². The highest BCUT2D eigenvalue weighted by molar-refractivity contribution is 6.04. The number of ether oxygens (including phenoxy) is 1. The highest BCUT2D eigenvalue weighted by Crippen LogP contribution is 2.37. The summed E-state index contributed by atoms with van der Waals surface area (Å²) >= 11 is 0. The van der Waals surface area contributed by atoms with Crippen molar-refractivity contribution in [3.05, 3.63) is 64.6 Å². The second-order valence-corrected chi connectivity index (χ2v) is 7.24. The van der Waals surface area contributed by atoms with Crippen LogP contribution in [0.15, 0.2) is 53.3 Å². The third kappa shape index (κ3) is 3.28. The first-order chi connectivity index (χ1) is 13.8. The Labute approximate surface area is 174 Å². The van der Waals surface area contributed by atoms with Crippen LogP contribution >= 0.6 is 12.4 Å². The van der Waals surface area contributed by atoms with Crippen molar-refractivity contribution in [3.8, 4) is 16.9 Å². The molecular weight excluding hydrogens is 388 g/mol. The summed E-state index contributed by atoms with van der Waals surface area (Å²) in [6, 6.07) is 15.7. The molecule has 2 aromatic carbocycles. The van der Waals surface area contributed by atoms with Gasteiger partial charge < -0.3 is 15.0 Å². The Morgan fingerprint density at radius 2 is 1.83 bits per heavy atom. The molecule has 2 aromatic heterocycles. The zero-order valence-corrected chi connectivity index (χ0v) is 17.0. The zero-order chi connectivity index (χ0) is 19.1. The van der Waals surface area contributed by atoms with Crippen molar-refractivity contribution in [1.29, 1.82) is 0 Å². The Balaban J connectivity index is 0.00000205. The highest BCUT2D eigenvalue weighted by atomic mass is 35.5. The summed E-state index contributed by atoms with van der Waals surface area (Å²) in [6.45, 7) is 1.93. The minimum absolute atomic E-state index is 0. The minimum Gasteiger partial charge on any atom is -0.496 e. The van der Waals surface area contributed by atoms with Crippen LogP contribution in [0.5, 0.6) is 5.75 Å². The van der Waals surface area contributed by atoms with E-state index in [9.17, 15) is 4.79 Å². The molecule has 29 heavy (non-hydrogen) atoms. The number of methoxy groups -OCH3 is 1. The van der Waals surface area contributed by atoms with Crippen LogP contribution in [-0.4, -0.2) is 34.8 Å². The smallest absolute Gasteiger partial charge is 0.251 e. The van der Waals surface area contributed by atoms with Gasteiger partial charge in [0.15, 0.2) is 0 Å². The second-order valence-electron chi connectivity index (χ2n) is 7.24. The molecule has 6 nitrogen and oxygen atoms in total. The number of halogens is 1. The van der Waals surface area contributed by atoms with Gasteiger partial charge in [-0.1, -0.05) is 30.3 Å². The normalized spacial score (nSPS) is 14.8. The Bertz CT molecular complexity index is 1220. The topological polar surface area (TPSA) is 71.4 Å². The summed E-state index contributed by atoms with van der Waals surface area (Å²) in [5.41, 5.74) is 4.50. The molecule has 2 N–H and O–H groups in total. The van der Waals surface area contributed by atoms with E-state index in [4.69, 9.17) is 9.84 Å². The van der Waals surface area contributed by atoms with E-state index in [1.807, 2.05) is 40.9 Å². The van der Waals surface area contributed by atoms with Crippen molar-refractivity contribution in [1.82, 2.24) is 19.9 Å². The van der Waals surface area contributed by atoms with Crippen molar-refractivity contribution < 1.29 is 4.74 Å². The quantitative estimate of drug-likeness (QED) is 0.539. The highest BCUT2D eigenvalue weighted by Gasteiger charge is 2.22. The number of piperidine rings is 1. The summed E-state index contributed by atoms with van der Waals surface area (Å²) < 4.78 is 7.51. The average Bonchev–Trinajstić information content (AvgIpc) is 3.12. The van der Waals surface area contributed by atoms with Crippen LogP contribution in [0, 0.1) is 0 Å². The maximum atomic E-state index is 12.5. The average molecular weight is 411 g/mol. The number of nitrogens with zero attached hydrogens (tertiary/aromatic N) is 2. The summed E-state index contributed by atoms with van der Waals surface area (Å²) in [6.07, 6.45) is 2.02. The van der Waals surface area contributed by atoms with Gasteiger partial charge in [-0.05, 0) is 43.6 Å². The van der Waals surface area contributed by atoms with Gasteiger partial charge in [0.25, 0.3) is 5.56 Å². The van der Waals surface area contributed by atoms with E-state index in [-0.39, 0.29) is 18.0 Å². The molecule has 0 spiro atoms. The van der Waals surface area contributed by atoms with Gasteiger partial charge in [0.1, 0.15) is 11.4 Å². The lowest BCUT2D eigenvalue weighted by atomic mass is 9.94. The van der Waals surface area contributed by atoms with E-state index < -0.39 is 0 Å². The summed E-state index contributed by atoms with van der Waals surface area (Å²) in [7, 11) is 1.67. The summed E-state index contributed by atoms with van der Waals surface area (Å²) in [5, 5.41) is 9.19. The predicted octanol–water partition coefficient (Wildman–Crippen LogP) is 3.74. The van der Waals surface area contributed by atoms with Crippen LogP contribution in [0.2, 0.25) is 0 Å². The molecule has 0 atom stereocenters. The molecule has 0 unspecified atom stereocenters. The fourth-order valence-corrected chi connectivity index (χ4v) is 4.29. The van der Waals surface area contributed by atoms with Gasteiger partial charge in [-0.25, -0.2) is 4.52 Å². The molecule has 4 aromatic rings. The molecular formula is C22H23ClN4O2. The molecule has 150 valence electrons. The van der Waals surface area contributed by atoms with E-state index in [2.05, 4.69) is 16.4 Å². The standard InChI is InChI=1S/C22H22N4O2.ClH/c1-28-19-8-3-2-5-15(19)16-6-4-7-17-21(16)22-24-20(27)13-18(26(22)25-17)14-9-11-23-12-10-14;/h2-8,13-14,23H,9-12H2,1H3,(H,24,27);1H. The molecule has 0 saturated carbocycles. The maximum absolute atomic E-state index is 12.5. The van der Waals surface area contributed by atoms with Crippen molar-refractivity contribution in [2.75, 3.05) is 20.2 Å². The molecule has 1 aliphatic heterocycles. The van der Waals surface area contributed by atoms with Gasteiger partial charge in [0.2, 0.25) is 0 Å². The largest absolute Gasteiger partial charge is 0.496 e. The van der Waals surface area contributed by atoms with Gasteiger partial charge in [-0.15, -0.1) is 12.4 Å². The van der Waals surface area contributed by atoms with Gasteiger partial charge in [-0.3, -0.25) is 4.79 Å². The first-order valence-corrected chi connectivity index (χ1v) is 9.65. The van der Waals surface area contributed by atoms with Crippen LogP contribution in [0.3, 0.4) is 0 Å². The number of benzene rings is 2. The summed E-state index contributed by atoms with van der Waals surface area (Å²) in [4.78, 5) is 15.6. The monoisotopic (exact) mass is 410 g/mol. The Morgan fingerprint density at radius 1 is 1.07 bits per heavy atom. The SMILES string of the molecule is COc1ccccc1-c1cccc2nn3c(C4CCNCC4)cc(=O)[nH]c3c12.Cl. The Morgan fingerprint density at radius 3 is 2.62 bits per heavy atom. The van der Waals surface area contributed by atoms with Crippen LogP contribution in [0.1, 0.15) is 24.5 Å². The fourth-order valence-electron chi connectivity index (χ4n) is 4.29. The molecule has 0 radical (unpaired) electrons. The van der Waals surface area contributed by atoms with E-state index in [0.717, 1.165) is 65.1 Å². The van der Waals surface area contributed by atoms with Gasteiger partial charge >= 0.3 is 0 Å². The van der Waals surface area contributed by atoms with Crippen LogP contribution in [0.4, 0.5) is 0 Å². The van der Waals surface area contributed by atoms with Gasteiger partial charge in [0, 0.05) is 17.5 Å². The second kappa shape index (κ2) is 7.89. The van der Waals surface area contributed by atoms with Crippen molar-refractivity contribution >= 4 is 29.0 Å². The number of aromatic amines is 1. The number of hydrogen-bond acceptors (Lipinski definition) is 4. The molecule has 1 saturated heterocycles. The Hall–Kier alpha value is -2.83. The van der Waals surface area contributed by atoms with Crippen LogP contribution in [-0.2, 0) is 0 Å². The third-order valence-electron chi connectivity index (χ3n) is 5.62. The Kier molecular flexibility index (Phi) is 5.30. The zero-order valence-electron chi connectivity index (χ0n) is 16.1. The molecule has 7 heteroatoms. The lowest BCUT2D eigenvalue weighted by molar-refractivity contribution is 0.416. The number of rotatable bonds is 3. The maximum Gasteiger partial charge on any atom is 0.251 e. The number of fused-ring (bicyclic) bond motifs is 3. The minimum atomic E-state index is -0.0855. The first kappa shape index (κ1) is 19.5. The van der Waals surface area contributed by atoms with E-state index in [1.165, 1.54) is 0 Å². The molecule has 5 rings (SSSR count). The van der Waals surface area contributed by atoms with Crippen molar-refractivity contribution in [2.24, 2.45) is 0 Å². The van der Waals surface area contributed by atoms with Gasteiger partial charge in [0.05, 0.1) is 23.7 Å². The predicted molar refractivity (Wildman–Crippen MR) is 117 cm³/mol. The number of hydrogen-bond donors (Lipinski definition) is 2. The number of nitrogens with one attached hydrogen (secondary N) is 2. The molecule has 0 amide bonds. The molecule has 3 heterocycles. The van der Waals surface area contributed by atoms with Crippen molar-refractivity contribution in [3.63, 3.8) is 0 Å². The summed E-state index contributed by atoms with van der Waals surface area (Å²) in [5.74, 6) is 1.13. The fraction of sp³-hybridized carbons (Fsp3) is 0.273. The van der Waals surface area contributed by atoms with E-state index in [1.54, 1.807) is 13.2 Å². The van der Waals surface area contributed by atoms with Crippen LogP contribution < -0.4 is 15.6 Å². The lowest BCUT2D eigenvalue weighted by Gasteiger charge is -2.23. The van der Waals surface area contributed by atoms with E-state index in [0.29, 0.717) is 5.92 Å². The number of para-hydroxylation sites is 1. The first-order valence-electron chi connectivity index (χ1n) is 9.65. The number of H-pyrrole nitrogens is 1. The van der Waals surface area contributed by atoms with E-state index >= 15 is 0 Å². The molecule has 0 aliphatic carbocycles. The number of aromatic nitrogens is 3. The molecule has 0 bridgehead atoms. The van der Waals surface area contributed by atoms with Crippen molar-refractivity contribution in [2.45, 2.75) is 18.8 Å².